The van der Waals surface area contributed by atoms with Crippen molar-refractivity contribution in [2.24, 2.45) is 0 Å². The smallest absolute Gasteiger partial charge is 0.251 e. The first kappa shape index (κ1) is 17.6. The van der Waals surface area contributed by atoms with Crippen LogP contribution in [0.4, 0.5) is 4.39 Å². The maximum absolute atomic E-state index is 13.3. The zero-order chi connectivity index (χ0) is 17.6. The molecule has 2 aromatic carbocycles. The Morgan fingerprint density at radius 2 is 1.96 bits per heavy atom. The number of hydrogen-bond donors (Lipinski definition) is 1. The zero-order valence-electron chi connectivity index (χ0n) is 14.7. The van der Waals surface area contributed by atoms with E-state index in [2.05, 4.69) is 29.3 Å². The highest BCUT2D eigenvalue weighted by atomic mass is 19.1. The monoisotopic (exact) mass is 340 g/mol. The second-order valence-electron chi connectivity index (χ2n) is 6.78. The number of halogens is 1. The molecule has 1 aliphatic rings. The Bertz CT molecular complexity index is 731. The van der Waals surface area contributed by atoms with Crippen molar-refractivity contribution in [3.8, 4) is 0 Å². The summed E-state index contributed by atoms with van der Waals surface area (Å²) in [5, 5.41) is 2.91. The summed E-state index contributed by atoms with van der Waals surface area (Å²) in [5.74, 6) is -0.646. The SMILES string of the molecule is CC1CCCCN1Cc1ccccc1CNC(=O)c1cccc(F)c1. The molecule has 3 nitrogen and oxygen atoms in total. The molecule has 0 saturated carbocycles. The first-order valence-corrected chi connectivity index (χ1v) is 8.98. The average Bonchev–Trinajstić information content (AvgIpc) is 2.62. The van der Waals surface area contributed by atoms with Gasteiger partial charge in [-0.1, -0.05) is 36.8 Å². The number of carbonyl (C=O) groups excluding carboxylic acids is 1. The summed E-state index contributed by atoms with van der Waals surface area (Å²) in [5.41, 5.74) is 2.71. The van der Waals surface area contributed by atoms with Crippen molar-refractivity contribution in [3.05, 3.63) is 71.0 Å². The lowest BCUT2D eigenvalue weighted by Crippen LogP contribution is -2.37. The molecule has 1 heterocycles. The largest absolute Gasteiger partial charge is 0.348 e. The standard InChI is InChI=1S/C21H25FN2O/c1-16-7-4-5-12-24(16)15-19-9-3-2-8-18(19)14-23-21(25)17-10-6-11-20(22)13-17/h2-3,6,8-11,13,16H,4-5,7,12,14-15H2,1H3,(H,23,25). The van der Waals surface area contributed by atoms with Gasteiger partial charge in [0, 0.05) is 24.7 Å². The maximum Gasteiger partial charge on any atom is 0.251 e. The molecule has 1 saturated heterocycles. The molecular formula is C21H25FN2O. The number of benzene rings is 2. The minimum Gasteiger partial charge on any atom is -0.348 e. The van der Waals surface area contributed by atoms with Gasteiger partial charge in [-0.05, 0) is 55.6 Å². The number of carbonyl (C=O) groups is 1. The molecule has 25 heavy (non-hydrogen) atoms. The van der Waals surface area contributed by atoms with E-state index in [1.54, 1.807) is 12.1 Å². The Labute approximate surface area is 148 Å². The van der Waals surface area contributed by atoms with Gasteiger partial charge in [-0.25, -0.2) is 4.39 Å². The molecule has 1 aliphatic heterocycles. The molecule has 1 N–H and O–H groups in total. The molecule has 0 radical (unpaired) electrons. The highest BCUT2D eigenvalue weighted by Crippen LogP contribution is 2.20. The first-order chi connectivity index (χ1) is 12.1. The van der Waals surface area contributed by atoms with E-state index >= 15 is 0 Å². The van der Waals surface area contributed by atoms with Gasteiger partial charge in [0.15, 0.2) is 0 Å². The lowest BCUT2D eigenvalue weighted by Gasteiger charge is -2.33. The summed E-state index contributed by atoms with van der Waals surface area (Å²) in [7, 11) is 0. The predicted molar refractivity (Wildman–Crippen MR) is 97.7 cm³/mol. The number of nitrogens with one attached hydrogen (secondary N) is 1. The van der Waals surface area contributed by atoms with Crippen LogP contribution in [0, 0.1) is 5.82 Å². The third kappa shape index (κ3) is 4.67. The minimum absolute atomic E-state index is 0.249. The lowest BCUT2D eigenvalue weighted by atomic mass is 10.0. The molecule has 3 rings (SSSR count). The van der Waals surface area contributed by atoms with Gasteiger partial charge in [0.25, 0.3) is 5.91 Å². The van der Waals surface area contributed by atoms with Gasteiger partial charge in [-0.3, -0.25) is 9.69 Å². The summed E-state index contributed by atoms with van der Waals surface area (Å²) in [6.45, 7) is 4.78. The van der Waals surface area contributed by atoms with Crippen LogP contribution in [0.15, 0.2) is 48.5 Å². The van der Waals surface area contributed by atoms with Gasteiger partial charge in [-0.2, -0.15) is 0 Å². The maximum atomic E-state index is 13.3. The van der Waals surface area contributed by atoms with E-state index < -0.39 is 5.82 Å². The Morgan fingerprint density at radius 3 is 2.72 bits per heavy atom. The van der Waals surface area contributed by atoms with Crippen molar-refractivity contribution in [1.29, 1.82) is 0 Å². The summed E-state index contributed by atoms with van der Waals surface area (Å²) in [4.78, 5) is 14.7. The van der Waals surface area contributed by atoms with E-state index in [1.807, 2.05) is 12.1 Å². The first-order valence-electron chi connectivity index (χ1n) is 8.98. The van der Waals surface area contributed by atoms with E-state index in [1.165, 1.54) is 37.0 Å². The molecule has 0 spiro atoms. The molecule has 4 heteroatoms. The molecule has 0 bridgehead atoms. The Morgan fingerprint density at radius 1 is 1.16 bits per heavy atom. The topological polar surface area (TPSA) is 32.3 Å². The van der Waals surface area contributed by atoms with Crippen molar-refractivity contribution in [1.82, 2.24) is 10.2 Å². The molecule has 2 aromatic rings. The second-order valence-corrected chi connectivity index (χ2v) is 6.78. The fourth-order valence-electron chi connectivity index (χ4n) is 3.40. The highest BCUT2D eigenvalue weighted by molar-refractivity contribution is 5.94. The highest BCUT2D eigenvalue weighted by Gasteiger charge is 2.19. The van der Waals surface area contributed by atoms with Crippen molar-refractivity contribution >= 4 is 5.91 Å². The third-order valence-corrected chi connectivity index (χ3v) is 4.96. The van der Waals surface area contributed by atoms with Crippen LogP contribution in [0.3, 0.4) is 0 Å². The quantitative estimate of drug-likeness (QED) is 0.887. The van der Waals surface area contributed by atoms with E-state index in [0.717, 1.165) is 18.7 Å². The number of hydrogen-bond acceptors (Lipinski definition) is 2. The Kier molecular flexibility index (Phi) is 5.82. The molecular weight excluding hydrogens is 315 g/mol. The van der Waals surface area contributed by atoms with Crippen LogP contribution >= 0.6 is 0 Å². The van der Waals surface area contributed by atoms with Crippen LogP contribution in [0.5, 0.6) is 0 Å². The lowest BCUT2D eigenvalue weighted by molar-refractivity contribution is 0.0950. The third-order valence-electron chi connectivity index (χ3n) is 4.96. The molecule has 132 valence electrons. The normalized spacial score (nSPS) is 18.1. The molecule has 1 unspecified atom stereocenters. The molecule has 1 amide bonds. The second kappa shape index (κ2) is 8.26. The van der Waals surface area contributed by atoms with E-state index in [-0.39, 0.29) is 5.91 Å². The zero-order valence-corrected chi connectivity index (χ0v) is 14.7. The van der Waals surface area contributed by atoms with E-state index in [4.69, 9.17) is 0 Å². The average molecular weight is 340 g/mol. The predicted octanol–water partition coefficient (Wildman–Crippen LogP) is 4.13. The van der Waals surface area contributed by atoms with Crippen LogP contribution < -0.4 is 5.32 Å². The summed E-state index contributed by atoms with van der Waals surface area (Å²) in [6, 6.07) is 14.6. The van der Waals surface area contributed by atoms with Crippen molar-refractivity contribution in [2.75, 3.05) is 6.54 Å². The Hall–Kier alpha value is -2.20. The summed E-state index contributed by atoms with van der Waals surface area (Å²) >= 11 is 0. The minimum atomic E-state index is -0.396. The van der Waals surface area contributed by atoms with Crippen LogP contribution in [-0.2, 0) is 13.1 Å². The van der Waals surface area contributed by atoms with Crippen LogP contribution in [0.1, 0.15) is 47.7 Å². The van der Waals surface area contributed by atoms with Gasteiger partial charge in [0.1, 0.15) is 5.82 Å². The van der Waals surface area contributed by atoms with Crippen molar-refractivity contribution in [2.45, 2.75) is 45.3 Å². The summed E-state index contributed by atoms with van der Waals surface area (Å²) in [6.07, 6.45) is 3.81. The fourth-order valence-corrected chi connectivity index (χ4v) is 3.40. The number of rotatable bonds is 5. The number of likely N-dealkylation sites (tertiary alicyclic amines) is 1. The summed E-state index contributed by atoms with van der Waals surface area (Å²) < 4.78 is 13.3. The van der Waals surface area contributed by atoms with Gasteiger partial charge in [0.2, 0.25) is 0 Å². The molecule has 1 atom stereocenters. The van der Waals surface area contributed by atoms with E-state index in [0.29, 0.717) is 18.2 Å². The molecule has 1 fully saturated rings. The molecule has 0 aliphatic carbocycles. The van der Waals surface area contributed by atoms with Gasteiger partial charge in [0.05, 0.1) is 0 Å². The number of amides is 1. The number of nitrogens with zero attached hydrogens (tertiary/aromatic N) is 1. The Balaban J connectivity index is 1.65. The molecule has 0 aromatic heterocycles. The van der Waals surface area contributed by atoms with Gasteiger partial charge >= 0.3 is 0 Å². The van der Waals surface area contributed by atoms with Crippen LogP contribution in [0.2, 0.25) is 0 Å². The van der Waals surface area contributed by atoms with Gasteiger partial charge < -0.3 is 5.32 Å². The van der Waals surface area contributed by atoms with Crippen molar-refractivity contribution < 1.29 is 9.18 Å². The van der Waals surface area contributed by atoms with Crippen LogP contribution in [0.25, 0.3) is 0 Å². The number of piperidine rings is 1. The van der Waals surface area contributed by atoms with Gasteiger partial charge in [-0.15, -0.1) is 0 Å². The fraction of sp³-hybridized carbons (Fsp3) is 0.381. The van der Waals surface area contributed by atoms with E-state index in [9.17, 15) is 9.18 Å². The van der Waals surface area contributed by atoms with Crippen molar-refractivity contribution in [3.63, 3.8) is 0 Å². The van der Waals surface area contributed by atoms with Crippen LogP contribution in [-0.4, -0.2) is 23.4 Å².